The van der Waals surface area contributed by atoms with Gasteiger partial charge in [-0.3, -0.25) is 0 Å². The lowest BCUT2D eigenvalue weighted by Gasteiger charge is -2.28. The minimum Gasteiger partial charge on any atom is -0.496 e. The second kappa shape index (κ2) is 6.65. The number of halogens is 1. The summed E-state index contributed by atoms with van der Waals surface area (Å²) in [6.07, 6.45) is 5.33. The van der Waals surface area contributed by atoms with E-state index in [0.29, 0.717) is 5.75 Å². The van der Waals surface area contributed by atoms with Gasteiger partial charge < -0.3 is 9.64 Å². The molecule has 22 heavy (non-hydrogen) atoms. The number of methoxy groups -OCH3 is 1. The summed E-state index contributed by atoms with van der Waals surface area (Å²) in [6, 6.07) is 15.2. The molecule has 2 aromatic rings. The first kappa shape index (κ1) is 14.6. The molecule has 0 fully saturated rings. The molecule has 0 amide bonds. The van der Waals surface area contributed by atoms with Crippen LogP contribution in [0, 0.1) is 5.82 Å². The van der Waals surface area contributed by atoms with Crippen LogP contribution in [0.1, 0.15) is 23.5 Å². The van der Waals surface area contributed by atoms with Crippen molar-refractivity contribution in [3.8, 4) is 5.75 Å². The molecule has 114 valence electrons. The van der Waals surface area contributed by atoms with Crippen molar-refractivity contribution in [1.29, 1.82) is 0 Å². The zero-order chi connectivity index (χ0) is 15.4. The molecule has 3 rings (SSSR count). The zero-order valence-electron chi connectivity index (χ0n) is 12.7. The van der Waals surface area contributed by atoms with Gasteiger partial charge in [-0.1, -0.05) is 42.5 Å². The molecule has 1 atom stereocenters. The summed E-state index contributed by atoms with van der Waals surface area (Å²) in [7, 11) is 1.59. The van der Waals surface area contributed by atoms with Crippen molar-refractivity contribution in [2.45, 2.75) is 18.9 Å². The molecular weight excluding hydrogens is 277 g/mol. The first-order chi connectivity index (χ1) is 10.8. The van der Waals surface area contributed by atoms with Crippen molar-refractivity contribution in [3.63, 3.8) is 0 Å². The second-order valence-corrected chi connectivity index (χ2v) is 5.58. The predicted octanol–water partition coefficient (Wildman–Crippen LogP) is 4.34. The molecule has 3 heteroatoms. The highest BCUT2D eigenvalue weighted by atomic mass is 19.1. The fraction of sp³-hybridized carbons (Fsp3) is 0.263. The first-order valence-electron chi connectivity index (χ1n) is 7.56. The number of rotatable bonds is 4. The van der Waals surface area contributed by atoms with E-state index in [1.165, 1.54) is 17.7 Å². The summed E-state index contributed by atoms with van der Waals surface area (Å²) in [5.74, 6) is 0.653. The van der Waals surface area contributed by atoms with E-state index in [4.69, 9.17) is 4.74 Å². The molecule has 0 radical (unpaired) electrons. The summed E-state index contributed by atoms with van der Waals surface area (Å²) in [5, 5.41) is 0. The largest absolute Gasteiger partial charge is 0.496 e. The number of benzene rings is 2. The van der Waals surface area contributed by atoms with Gasteiger partial charge in [-0.2, -0.15) is 0 Å². The Hall–Kier alpha value is -2.29. The van der Waals surface area contributed by atoms with Gasteiger partial charge in [0.1, 0.15) is 11.6 Å². The average molecular weight is 297 g/mol. The maximum atomic E-state index is 13.3. The minimum absolute atomic E-state index is 0.258. The van der Waals surface area contributed by atoms with Crippen LogP contribution in [0.5, 0.6) is 5.75 Å². The quantitative estimate of drug-likeness (QED) is 0.832. The predicted molar refractivity (Wildman–Crippen MR) is 86.3 cm³/mol. The molecule has 2 aromatic carbocycles. The van der Waals surface area contributed by atoms with Crippen LogP contribution in [0.4, 0.5) is 4.39 Å². The Morgan fingerprint density at radius 2 is 2.00 bits per heavy atom. The number of hydrogen-bond donors (Lipinski definition) is 0. The number of ether oxygens (including phenoxy) is 1. The molecule has 0 saturated heterocycles. The van der Waals surface area contributed by atoms with Gasteiger partial charge in [0.2, 0.25) is 0 Å². The maximum Gasteiger partial charge on any atom is 0.126 e. The van der Waals surface area contributed by atoms with Gasteiger partial charge >= 0.3 is 0 Å². The SMILES string of the molecule is COc1cc(F)ccc1C1C=CN(Cc2ccccc2)CC1. The first-order valence-corrected chi connectivity index (χ1v) is 7.56. The lowest BCUT2D eigenvalue weighted by atomic mass is 9.92. The second-order valence-electron chi connectivity index (χ2n) is 5.58. The van der Waals surface area contributed by atoms with Crippen molar-refractivity contribution < 1.29 is 9.13 Å². The summed E-state index contributed by atoms with van der Waals surface area (Å²) < 4.78 is 18.6. The van der Waals surface area contributed by atoms with Crippen molar-refractivity contribution in [1.82, 2.24) is 4.90 Å². The molecule has 0 N–H and O–H groups in total. The van der Waals surface area contributed by atoms with Crippen LogP contribution in [0.2, 0.25) is 0 Å². The molecule has 0 saturated carbocycles. The van der Waals surface area contributed by atoms with E-state index in [1.807, 2.05) is 12.1 Å². The van der Waals surface area contributed by atoms with E-state index >= 15 is 0 Å². The molecule has 2 nitrogen and oxygen atoms in total. The molecule has 0 spiro atoms. The molecule has 1 aliphatic heterocycles. The fourth-order valence-corrected chi connectivity index (χ4v) is 2.90. The van der Waals surface area contributed by atoms with Crippen LogP contribution >= 0.6 is 0 Å². The Morgan fingerprint density at radius 3 is 2.68 bits per heavy atom. The van der Waals surface area contributed by atoms with Gasteiger partial charge in [-0.15, -0.1) is 0 Å². The van der Waals surface area contributed by atoms with Gasteiger partial charge in [0.05, 0.1) is 7.11 Å². The van der Waals surface area contributed by atoms with Crippen LogP contribution in [-0.4, -0.2) is 18.6 Å². The Morgan fingerprint density at radius 1 is 1.18 bits per heavy atom. The smallest absolute Gasteiger partial charge is 0.126 e. The lowest BCUT2D eigenvalue weighted by molar-refractivity contribution is 0.333. The number of allylic oxidation sites excluding steroid dienone is 1. The summed E-state index contributed by atoms with van der Waals surface area (Å²) in [4.78, 5) is 2.31. The van der Waals surface area contributed by atoms with E-state index in [0.717, 1.165) is 25.1 Å². The van der Waals surface area contributed by atoms with Gasteiger partial charge in [-0.25, -0.2) is 4.39 Å². The van der Waals surface area contributed by atoms with E-state index in [-0.39, 0.29) is 11.7 Å². The van der Waals surface area contributed by atoms with Gasteiger partial charge in [0.25, 0.3) is 0 Å². The van der Waals surface area contributed by atoms with Gasteiger partial charge in [0.15, 0.2) is 0 Å². The molecule has 0 aliphatic carbocycles. The third-order valence-corrected chi connectivity index (χ3v) is 4.08. The van der Waals surface area contributed by atoms with E-state index in [9.17, 15) is 4.39 Å². The van der Waals surface area contributed by atoms with Gasteiger partial charge in [0, 0.05) is 30.6 Å². The third kappa shape index (κ3) is 3.30. The standard InChI is InChI=1S/C19H20FNO/c1-22-19-13-17(20)7-8-18(19)16-9-11-21(12-10-16)14-15-5-3-2-4-6-15/h2-9,11,13,16H,10,12,14H2,1H3. The van der Waals surface area contributed by atoms with Crippen LogP contribution in [0.15, 0.2) is 60.8 Å². The van der Waals surface area contributed by atoms with Crippen LogP contribution in [0.25, 0.3) is 0 Å². The van der Waals surface area contributed by atoms with Crippen LogP contribution in [0.3, 0.4) is 0 Å². The highest BCUT2D eigenvalue weighted by Gasteiger charge is 2.18. The van der Waals surface area contributed by atoms with Crippen LogP contribution < -0.4 is 4.74 Å². The van der Waals surface area contributed by atoms with Crippen molar-refractivity contribution in [3.05, 3.63) is 77.8 Å². The summed E-state index contributed by atoms with van der Waals surface area (Å²) in [5.41, 5.74) is 2.37. The topological polar surface area (TPSA) is 12.5 Å². The number of hydrogen-bond acceptors (Lipinski definition) is 2. The minimum atomic E-state index is -0.258. The Balaban J connectivity index is 1.71. The van der Waals surface area contributed by atoms with E-state index < -0.39 is 0 Å². The van der Waals surface area contributed by atoms with Crippen molar-refractivity contribution in [2.75, 3.05) is 13.7 Å². The molecule has 0 bridgehead atoms. The fourth-order valence-electron chi connectivity index (χ4n) is 2.90. The molecule has 1 unspecified atom stereocenters. The highest BCUT2D eigenvalue weighted by Crippen LogP contribution is 2.33. The Kier molecular flexibility index (Phi) is 4.42. The lowest BCUT2D eigenvalue weighted by Crippen LogP contribution is -2.23. The molecular formula is C19H20FNO. The van der Waals surface area contributed by atoms with Crippen molar-refractivity contribution in [2.24, 2.45) is 0 Å². The number of nitrogens with zero attached hydrogens (tertiary/aromatic N) is 1. The Labute approximate surface area is 130 Å². The maximum absolute atomic E-state index is 13.3. The molecule has 1 aliphatic rings. The average Bonchev–Trinajstić information content (AvgIpc) is 2.56. The van der Waals surface area contributed by atoms with E-state index in [1.54, 1.807) is 7.11 Å². The molecule has 1 heterocycles. The van der Waals surface area contributed by atoms with E-state index in [2.05, 4.69) is 41.4 Å². The Bertz CT molecular complexity index is 654. The van der Waals surface area contributed by atoms with Gasteiger partial charge in [-0.05, 0) is 24.3 Å². The van der Waals surface area contributed by atoms with Crippen LogP contribution in [-0.2, 0) is 6.54 Å². The molecule has 0 aromatic heterocycles. The monoisotopic (exact) mass is 297 g/mol. The highest BCUT2D eigenvalue weighted by molar-refractivity contribution is 5.39. The summed E-state index contributed by atoms with van der Waals surface area (Å²) in [6.45, 7) is 1.90. The van der Waals surface area contributed by atoms with Crippen molar-refractivity contribution >= 4 is 0 Å². The third-order valence-electron chi connectivity index (χ3n) is 4.08. The summed E-state index contributed by atoms with van der Waals surface area (Å²) >= 11 is 0. The normalized spacial score (nSPS) is 17.5. The zero-order valence-corrected chi connectivity index (χ0v) is 12.7.